The molecule has 0 saturated carbocycles. The zero-order valence-corrected chi connectivity index (χ0v) is 27.3. The van der Waals surface area contributed by atoms with Gasteiger partial charge in [-0.1, -0.05) is 17.4 Å². The molecule has 3 saturated heterocycles. The van der Waals surface area contributed by atoms with Gasteiger partial charge in [0.25, 0.3) is 5.91 Å². The topological polar surface area (TPSA) is 241 Å². The van der Waals surface area contributed by atoms with Gasteiger partial charge in [0.15, 0.2) is 10.8 Å². The molecule has 4 atom stereocenters. The summed E-state index contributed by atoms with van der Waals surface area (Å²) in [6.45, 7) is 2.69. The SMILES string of the molecule is CC1(C)S[C@@H]2[C@H](NC(=O)C(N)(NC(=O)N3CCN(S(C)(=O)=O)C3=O)c3ccc4nc(N)sc4c3)C(=O)N2[C@H]1C(=O)[O-].[Na+]. The Bertz CT molecular complexity index is 1630. The van der Waals surface area contributed by atoms with E-state index >= 15 is 0 Å². The number of carboxylic acids is 1. The van der Waals surface area contributed by atoms with Crippen molar-refractivity contribution in [2.75, 3.05) is 25.1 Å². The molecule has 6 N–H and O–H groups in total. The number of thiazole rings is 1. The molecule has 6 amide bonds. The first-order valence-electron chi connectivity index (χ1n) is 12.0. The number of rotatable bonds is 6. The number of amides is 6. The summed E-state index contributed by atoms with van der Waals surface area (Å²) in [5.74, 6) is -3.14. The number of sulfonamides is 1. The molecule has 20 heteroatoms. The number of thioether (sulfide) groups is 1. The van der Waals surface area contributed by atoms with Crippen LogP contribution in [-0.2, 0) is 30.1 Å². The Labute approximate surface area is 269 Å². The number of carbonyl (C=O) groups is 5. The largest absolute Gasteiger partial charge is 1.00 e. The number of benzene rings is 1. The first-order chi connectivity index (χ1) is 19.0. The normalized spacial score (nSPS) is 24.5. The van der Waals surface area contributed by atoms with Crippen molar-refractivity contribution in [1.29, 1.82) is 0 Å². The predicted octanol–water partition coefficient (Wildman–Crippen LogP) is -5.30. The summed E-state index contributed by atoms with van der Waals surface area (Å²) >= 11 is 2.25. The molecule has 3 aliphatic rings. The molecule has 0 bridgehead atoms. The summed E-state index contributed by atoms with van der Waals surface area (Å²) in [5.41, 5.74) is 10.5. The van der Waals surface area contributed by atoms with Crippen molar-refractivity contribution < 1.29 is 67.1 Å². The molecule has 0 spiro atoms. The monoisotopic (exact) mass is 648 g/mol. The van der Waals surface area contributed by atoms with Crippen molar-refractivity contribution in [3.05, 3.63) is 23.8 Å². The number of hydrogen-bond acceptors (Lipinski definition) is 13. The Morgan fingerprint density at radius 2 is 1.88 bits per heavy atom. The molecule has 0 radical (unpaired) electrons. The van der Waals surface area contributed by atoms with Crippen molar-refractivity contribution in [3.8, 4) is 0 Å². The average Bonchev–Trinajstić information content (AvgIpc) is 3.51. The fourth-order valence-electron chi connectivity index (χ4n) is 5.08. The number of nitrogen functional groups attached to an aromatic ring is 1. The fraction of sp³-hybridized carbons (Fsp3) is 0.455. The van der Waals surface area contributed by atoms with Crippen molar-refractivity contribution in [2.45, 2.75) is 41.7 Å². The van der Waals surface area contributed by atoms with Crippen LogP contribution < -0.4 is 56.8 Å². The van der Waals surface area contributed by atoms with E-state index in [1.54, 1.807) is 13.8 Å². The number of urea groups is 2. The third kappa shape index (κ3) is 5.20. The number of aliphatic carboxylic acids is 1. The van der Waals surface area contributed by atoms with E-state index in [1.807, 2.05) is 0 Å². The van der Waals surface area contributed by atoms with Gasteiger partial charge in [-0.05, 0) is 26.0 Å². The minimum atomic E-state index is -3.96. The molecule has 3 fully saturated rings. The van der Waals surface area contributed by atoms with E-state index in [0.717, 1.165) is 34.3 Å². The third-order valence-electron chi connectivity index (χ3n) is 7.09. The van der Waals surface area contributed by atoms with Crippen molar-refractivity contribution in [2.24, 2.45) is 5.73 Å². The van der Waals surface area contributed by atoms with E-state index in [1.165, 1.54) is 18.2 Å². The maximum Gasteiger partial charge on any atom is 1.00 e. The van der Waals surface area contributed by atoms with E-state index in [-0.39, 0.29) is 53.3 Å². The van der Waals surface area contributed by atoms with Gasteiger partial charge in [0.2, 0.25) is 15.9 Å². The number of nitrogens with one attached hydrogen (secondary N) is 2. The number of carbonyl (C=O) groups excluding carboxylic acids is 5. The molecule has 16 nitrogen and oxygen atoms in total. The van der Waals surface area contributed by atoms with Crippen LogP contribution in [0.5, 0.6) is 0 Å². The van der Waals surface area contributed by atoms with Crippen molar-refractivity contribution in [3.63, 3.8) is 0 Å². The van der Waals surface area contributed by atoms with Gasteiger partial charge in [0.1, 0.15) is 11.4 Å². The van der Waals surface area contributed by atoms with E-state index in [4.69, 9.17) is 11.5 Å². The first kappa shape index (κ1) is 32.2. The van der Waals surface area contributed by atoms with E-state index in [0.29, 0.717) is 19.4 Å². The molecular weight excluding hydrogens is 623 g/mol. The minimum absolute atomic E-state index is 0. The molecule has 220 valence electrons. The van der Waals surface area contributed by atoms with Gasteiger partial charge in [-0.2, -0.15) is 0 Å². The average molecular weight is 649 g/mol. The Balaban J connectivity index is 0.00000405. The summed E-state index contributed by atoms with van der Waals surface area (Å²) in [6, 6.07) is -0.289. The van der Waals surface area contributed by atoms with Crippen LogP contribution in [0.4, 0.5) is 14.7 Å². The second kappa shape index (κ2) is 10.8. The smallest absolute Gasteiger partial charge is 0.548 e. The number of β-lactam (4-membered cyclic amide) rings is 1. The zero-order chi connectivity index (χ0) is 30.2. The van der Waals surface area contributed by atoms with E-state index < -0.39 is 67.7 Å². The molecule has 42 heavy (non-hydrogen) atoms. The minimum Gasteiger partial charge on any atom is -0.548 e. The van der Waals surface area contributed by atoms with Gasteiger partial charge in [-0.15, -0.1) is 11.8 Å². The molecule has 4 heterocycles. The number of imide groups is 1. The van der Waals surface area contributed by atoms with Crippen molar-refractivity contribution in [1.82, 2.24) is 29.7 Å². The van der Waals surface area contributed by atoms with Crippen LogP contribution in [0, 0.1) is 0 Å². The predicted molar refractivity (Wildman–Crippen MR) is 145 cm³/mol. The van der Waals surface area contributed by atoms with Gasteiger partial charge in [0.05, 0.1) is 41.6 Å². The van der Waals surface area contributed by atoms with Crippen molar-refractivity contribution >= 4 is 78.3 Å². The van der Waals surface area contributed by atoms with Crippen LogP contribution in [-0.4, -0.2) is 98.9 Å². The summed E-state index contributed by atoms with van der Waals surface area (Å²) in [6.07, 6.45) is 0.815. The van der Waals surface area contributed by atoms with Gasteiger partial charge < -0.3 is 31.2 Å². The molecule has 3 aliphatic heterocycles. The molecule has 1 aromatic heterocycles. The van der Waals surface area contributed by atoms with Crippen LogP contribution in [0.1, 0.15) is 19.4 Å². The number of nitrogens with zero attached hydrogens (tertiary/aromatic N) is 4. The second-order valence-corrected chi connectivity index (χ2v) is 15.0. The van der Waals surface area contributed by atoms with Gasteiger partial charge in [0, 0.05) is 10.3 Å². The zero-order valence-electron chi connectivity index (χ0n) is 22.8. The summed E-state index contributed by atoms with van der Waals surface area (Å²) in [4.78, 5) is 70.2. The van der Waals surface area contributed by atoms with E-state index in [2.05, 4.69) is 15.6 Å². The maximum atomic E-state index is 13.8. The Morgan fingerprint density at radius 3 is 2.48 bits per heavy atom. The van der Waals surface area contributed by atoms with Crippen LogP contribution in [0.2, 0.25) is 0 Å². The molecular formula is C22H25N8NaO8S3. The molecule has 0 aliphatic carbocycles. The van der Waals surface area contributed by atoms with Crippen LogP contribution in [0.15, 0.2) is 18.2 Å². The number of fused-ring (bicyclic) bond motifs is 2. The summed E-state index contributed by atoms with van der Waals surface area (Å²) in [7, 11) is -3.96. The summed E-state index contributed by atoms with van der Waals surface area (Å²) < 4.78 is 23.9. The van der Waals surface area contributed by atoms with Gasteiger partial charge >= 0.3 is 41.6 Å². The van der Waals surface area contributed by atoms with Gasteiger partial charge in [-0.25, -0.2) is 32.2 Å². The second-order valence-electron chi connectivity index (χ2n) is 10.3. The van der Waals surface area contributed by atoms with Crippen LogP contribution in [0.3, 0.4) is 0 Å². The van der Waals surface area contributed by atoms with Gasteiger partial charge in [-0.3, -0.25) is 15.3 Å². The summed E-state index contributed by atoms with van der Waals surface area (Å²) in [5, 5.41) is 16.1. The maximum absolute atomic E-state index is 13.8. The fourth-order valence-corrected chi connectivity index (χ4v) is 8.27. The quantitative estimate of drug-likeness (QED) is 0.130. The Hall–Kier alpha value is -2.68. The molecule has 1 unspecified atom stereocenters. The molecule has 1 aromatic carbocycles. The Kier molecular flexibility index (Phi) is 8.28. The number of nitrogens with two attached hydrogens (primary N) is 2. The number of aromatic nitrogens is 1. The third-order valence-corrected chi connectivity index (χ3v) is 10.6. The number of hydrogen-bond donors (Lipinski definition) is 4. The van der Waals surface area contributed by atoms with Crippen LogP contribution in [0.25, 0.3) is 10.2 Å². The van der Waals surface area contributed by atoms with E-state index in [9.17, 15) is 37.5 Å². The first-order valence-corrected chi connectivity index (χ1v) is 15.6. The Morgan fingerprint density at radius 1 is 1.21 bits per heavy atom. The standard InChI is InChI=1S/C22H26N8O8S3.Na/c1-21(2)13(16(32)33)30-14(31)12(15(30)40-21)26-17(34)22(24,9-4-5-10-11(8-9)39-18(23)25-10)27-19(35)28-6-7-29(20(28)36)41(3,37)38;/h4-5,8,12-13,15H,6-7,24H2,1-3H3,(H2,23,25)(H,26,34)(H,27,35)(H,32,33);/q;+1/p-1/t12-,13+,15-,22?;/m1./s1. The molecule has 2 aromatic rings. The molecule has 5 rings (SSSR count). The number of carboxylic acid groups (broad SMARTS) is 1. The number of anilines is 1. The van der Waals surface area contributed by atoms with Crippen LogP contribution >= 0.6 is 23.1 Å².